The summed E-state index contributed by atoms with van der Waals surface area (Å²) in [6, 6.07) is 0. The van der Waals surface area contributed by atoms with Crippen LogP contribution in [-0.4, -0.2) is 38.0 Å². The van der Waals surface area contributed by atoms with E-state index >= 15 is 0 Å². The van der Waals surface area contributed by atoms with Gasteiger partial charge < -0.3 is 9.88 Å². The number of aromatic nitrogens is 4. The smallest absolute Gasteiger partial charge is 0.277 e. The molecule has 2 N–H and O–H groups in total. The van der Waals surface area contributed by atoms with Crippen molar-refractivity contribution in [3.8, 4) is 0 Å². The highest BCUT2D eigenvalue weighted by atomic mass is 16.2. The molecular formula is C12H15N5O2. The maximum absolute atomic E-state index is 12.3. The molecule has 2 aromatic rings. The minimum Gasteiger partial charge on any atom is -0.347 e. The van der Waals surface area contributed by atoms with Gasteiger partial charge in [-0.25, -0.2) is 10.1 Å². The van der Waals surface area contributed by atoms with Crippen molar-refractivity contribution in [2.24, 2.45) is 0 Å². The summed E-state index contributed by atoms with van der Waals surface area (Å²) in [7, 11) is 1.62. The lowest BCUT2D eigenvalue weighted by Gasteiger charge is -2.16. The van der Waals surface area contributed by atoms with Crippen molar-refractivity contribution in [3.05, 3.63) is 45.4 Å². The summed E-state index contributed by atoms with van der Waals surface area (Å²) in [4.78, 5) is 32.5. The van der Waals surface area contributed by atoms with Crippen molar-refractivity contribution in [2.75, 3.05) is 7.05 Å². The second-order valence-corrected chi connectivity index (χ2v) is 4.34. The third kappa shape index (κ3) is 2.54. The number of aryl methyl sites for hydroxylation is 1. The molecule has 0 saturated heterocycles. The van der Waals surface area contributed by atoms with Gasteiger partial charge in [0.05, 0.1) is 12.2 Å². The van der Waals surface area contributed by atoms with Gasteiger partial charge in [0, 0.05) is 19.4 Å². The Kier molecular flexibility index (Phi) is 3.46. The lowest BCUT2D eigenvalue weighted by Crippen LogP contribution is -2.33. The highest BCUT2D eigenvalue weighted by Gasteiger charge is 2.20. The molecule has 0 spiro atoms. The van der Waals surface area contributed by atoms with Crippen LogP contribution in [0.3, 0.4) is 0 Å². The number of hydrogen-bond donors (Lipinski definition) is 2. The molecule has 0 aliphatic rings. The van der Waals surface area contributed by atoms with Gasteiger partial charge in [-0.3, -0.25) is 9.59 Å². The Morgan fingerprint density at radius 2 is 2.16 bits per heavy atom. The number of nitrogens with zero attached hydrogens (tertiary/aromatic N) is 3. The van der Waals surface area contributed by atoms with Crippen LogP contribution < -0.4 is 5.56 Å². The van der Waals surface area contributed by atoms with E-state index in [-0.39, 0.29) is 11.5 Å². The highest BCUT2D eigenvalue weighted by Crippen LogP contribution is 2.09. The van der Waals surface area contributed by atoms with Crippen LogP contribution in [0.4, 0.5) is 0 Å². The molecule has 0 fully saturated rings. The molecule has 2 aromatic heterocycles. The number of carbonyl (C=O) groups excluding carboxylic acids is 1. The summed E-state index contributed by atoms with van der Waals surface area (Å²) in [5.41, 5.74) is 0.885. The van der Waals surface area contributed by atoms with Crippen LogP contribution in [-0.2, 0) is 6.54 Å². The van der Waals surface area contributed by atoms with E-state index in [0.29, 0.717) is 23.6 Å². The van der Waals surface area contributed by atoms with E-state index in [1.165, 1.54) is 4.90 Å². The maximum atomic E-state index is 12.3. The van der Waals surface area contributed by atoms with Crippen molar-refractivity contribution in [2.45, 2.75) is 20.4 Å². The Hall–Kier alpha value is -2.44. The fourth-order valence-corrected chi connectivity index (χ4v) is 1.75. The number of nitrogens with one attached hydrogen (secondary N) is 2. The van der Waals surface area contributed by atoms with E-state index < -0.39 is 5.56 Å². The first-order chi connectivity index (χ1) is 9.00. The predicted molar refractivity (Wildman–Crippen MR) is 68.7 cm³/mol. The first-order valence-electron chi connectivity index (χ1n) is 5.80. The minimum atomic E-state index is -0.473. The summed E-state index contributed by atoms with van der Waals surface area (Å²) >= 11 is 0. The second-order valence-electron chi connectivity index (χ2n) is 4.34. The van der Waals surface area contributed by atoms with E-state index in [0.717, 1.165) is 0 Å². The molecule has 0 unspecified atom stereocenters. The van der Waals surface area contributed by atoms with Crippen LogP contribution in [0, 0.1) is 13.8 Å². The number of rotatable bonds is 3. The average Bonchev–Trinajstić information content (AvgIpc) is 2.87. The summed E-state index contributed by atoms with van der Waals surface area (Å²) in [6.07, 6.45) is 3.30. The Morgan fingerprint density at radius 1 is 1.42 bits per heavy atom. The Bertz CT molecular complexity index is 645. The lowest BCUT2D eigenvalue weighted by atomic mass is 10.1. The fourth-order valence-electron chi connectivity index (χ4n) is 1.75. The summed E-state index contributed by atoms with van der Waals surface area (Å²) < 4.78 is 0. The molecule has 0 saturated carbocycles. The monoisotopic (exact) mass is 261 g/mol. The third-order valence-corrected chi connectivity index (χ3v) is 2.97. The lowest BCUT2D eigenvalue weighted by molar-refractivity contribution is 0.0779. The van der Waals surface area contributed by atoms with E-state index in [2.05, 4.69) is 20.2 Å². The molecule has 0 bridgehead atoms. The van der Waals surface area contributed by atoms with Gasteiger partial charge in [-0.2, -0.15) is 5.10 Å². The van der Waals surface area contributed by atoms with Crippen LogP contribution in [0.25, 0.3) is 0 Å². The van der Waals surface area contributed by atoms with Crippen LogP contribution >= 0.6 is 0 Å². The molecule has 0 aromatic carbocycles. The second kappa shape index (κ2) is 5.05. The van der Waals surface area contributed by atoms with Crippen molar-refractivity contribution < 1.29 is 4.79 Å². The topological polar surface area (TPSA) is 94.7 Å². The Balaban J connectivity index is 2.29. The van der Waals surface area contributed by atoms with Crippen LogP contribution in [0.1, 0.15) is 27.4 Å². The quantitative estimate of drug-likeness (QED) is 0.835. The van der Waals surface area contributed by atoms with Gasteiger partial charge in [-0.15, -0.1) is 0 Å². The summed E-state index contributed by atoms with van der Waals surface area (Å²) in [5.74, 6) is 0.316. The first-order valence-corrected chi connectivity index (χ1v) is 5.80. The van der Waals surface area contributed by atoms with Crippen LogP contribution in [0.5, 0.6) is 0 Å². The van der Waals surface area contributed by atoms with E-state index in [9.17, 15) is 9.59 Å². The molecule has 2 rings (SSSR count). The molecule has 7 heteroatoms. The molecule has 0 aliphatic heterocycles. The maximum Gasteiger partial charge on any atom is 0.277 e. The molecule has 0 atom stereocenters. The Morgan fingerprint density at radius 3 is 2.79 bits per heavy atom. The first kappa shape index (κ1) is 13.0. The van der Waals surface area contributed by atoms with Gasteiger partial charge in [-0.05, 0) is 19.4 Å². The van der Waals surface area contributed by atoms with Crippen molar-refractivity contribution in [1.82, 2.24) is 25.1 Å². The largest absolute Gasteiger partial charge is 0.347 e. The van der Waals surface area contributed by atoms with E-state index in [1.54, 1.807) is 33.3 Å². The minimum absolute atomic E-state index is 0.126. The number of hydrogen-bond acceptors (Lipinski definition) is 4. The van der Waals surface area contributed by atoms with Crippen molar-refractivity contribution in [1.29, 1.82) is 0 Å². The fraction of sp³-hybridized carbons (Fsp3) is 0.333. The standard InChI is InChI=1S/C12H15N5O2/c1-7-8(2)15-16-11(18)10(7)12(19)17(3)6-9-13-4-5-14-9/h4-5H,6H2,1-3H3,(H,13,14)(H,16,18). The molecule has 0 aliphatic carbocycles. The summed E-state index contributed by atoms with van der Waals surface area (Å²) in [6.45, 7) is 3.77. The number of imidazole rings is 1. The van der Waals surface area contributed by atoms with Crippen LogP contribution in [0.15, 0.2) is 17.2 Å². The zero-order chi connectivity index (χ0) is 14.0. The van der Waals surface area contributed by atoms with Gasteiger partial charge in [0.1, 0.15) is 11.4 Å². The molecular weight excluding hydrogens is 246 g/mol. The van der Waals surface area contributed by atoms with Gasteiger partial charge in [0.2, 0.25) is 0 Å². The molecule has 0 radical (unpaired) electrons. The van der Waals surface area contributed by atoms with Crippen molar-refractivity contribution in [3.63, 3.8) is 0 Å². The van der Waals surface area contributed by atoms with E-state index in [1.807, 2.05) is 0 Å². The molecule has 7 nitrogen and oxygen atoms in total. The predicted octanol–water partition coefficient (Wildman–Crippen LogP) is 0.382. The van der Waals surface area contributed by atoms with Gasteiger partial charge in [0.25, 0.3) is 11.5 Å². The van der Waals surface area contributed by atoms with Gasteiger partial charge in [0.15, 0.2) is 0 Å². The zero-order valence-corrected chi connectivity index (χ0v) is 11.0. The van der Waals surface area contributed by atoms with Gasteiger partial charge >= 0.3 is 0 Å². The molecule has 1 amide bonds. The zero-order valence-electron chi connectivity index (χ0n) is 11.0. The molecule has 19 heavy (non-hydrogen) atoms. The van der Waals surface area contributed by atoms with Gasteiger partial charge in [-0.1, -0.05) is 0 Å². The normalized spacial score (nSPS) is 10.5. The highest BCUT2D eigenvalue weighted by molar-refractivity contribution is 5.95. The Labute approximate surface area is 109 Å². The van der Waals surface area contributed by atoms with E-state index in [4.69, 9.17) is 0 Å². The third-order valence-electron chi connectivity index (χ3n) is 2.97. The average molecular weight is 261 g/mol. The number of amides is 1. The molecule has 100 valence electrons. The number of H-pyrrole nitrogens is 2. The number of carbonyl (C=O) groups is 1. The summed E-state index contributed by atoms with van der Waals surface area (Å²) in [5, 5.41) is 6.16. The van der Waals surface area contributed by atoms with Crippen molar-refractivity contribution >= 4 is 5.91 Å². The number of aromatic amines is 2. The van der Waals surface area contributed by atoms with Crippen LogP contribution in [0.2, 0.25) is 0 Å². The SMILES string of the molecule is Cc1n[nH]c(=O)c(C(=O)N(C)Cc2ncc[nH]2)c1C. The molecule has 2 heterocycles.